The summed E-state index contributed by atoms with van der Waals surface area (Å²) in [4.78, 5) is 21.5. The van der Waals surface area contributed by atoms with Crippen molar-refractivity contribution in [2.45, 2.75) is 159 Å². The molecular formula is C29H57O12P. The minimum absolute atomic E-state index is 0.0867. The monoisotopic (exact) mass is 628 g/mol. The van der Waals surface area contributed by atoms with Crippen LogP contribution in [-0.2, 0) is 27.9 Å². The van der Waals surface area contributed by atoms with Crippen LogP contribution in [0.2, 0.25) is 0 Å². The summed E-state index contributed by atoms with van der Waals surface area (Å²) < 4.78 is 32.6. The van der Waals surface area contributed by atoms with E-state index in [1.165, 1.54) is 90.4 Å². The SMILES string of the molecule is CCCCCCCCCCCCCCCCCCOCC(COP(=O)(O)OC1C(O)C(O)C(O)C(O)C1O)OC(C)=O. The van der Waals surface area contributed by atoms with E-state index in [1.54, 1.807) is 0 Å². The molecule has 0 aromatic rings. The molecule has 12 nitrogen and oxygen atoms in total. The van der Waals surface area contributed by atoms with Crippen LogP contribution in [0.1, 0.15) is 117 Å². The number of hydrogen-bond donors (Lipinski definition) is 6. The quantitative estimate of drug-likeness (QED) is 0.0490. The van der Waals surface area contributed by atoms with Crippen molar-refractivity contribution in [2.24, 2.45) is 0 Å². The van der Waals surface area contributed by atoms with Crippen LogP contribution in [0.15, 0.2) is 0 Å². The number of aliphatic hydroxyl groups excluding tert-OH is 5. The third-order valence-corrected chi connectivity index (χ3v) is 8.52. The number of ether oxygens (including phenoxy) is 2. The fourth-order valence-electron chi connectivity index (χ4n) is 5.00. The lowest BCUT2D eigenvalue weighted by Crippen LogP contribution is -2.64. The Kier molecular flexibility index (Phi) is 21.4. The minimum atomic E-state index is -4.95. The number of carbonyl (C=O) groups is 1. The van der Waals surface area contributed by atoms with Crippen LogP contribution in [0.4, 0.5) is 0 Å². The van der Waals surface area contributed by atoms with Crippen molar-refractivity contribution in [1.29, 1.82) is 0 Å². The van der Waals surface area contributed by atoms with Crippen LogP contribution in [0.5, 0.6) is 0 Å². The van der Waals surface area contributed by atoms with Gasteiger partial charge in [-0.3, -0.25) is 13.8 Å². The average molecular weight is 629 g/mol. The van der Waals surface area contributed by atoms with Gasteiger partial charge in [0.25, 0.3) is 0 Å². The molecule has 250 valence electrons. The molecule has 6 N–H and O–H groups in total. The topological polar surface area (TPSA) is 192 Å². The Hall–Kier alpha value is -0.660. The maximum atomic E-state index is 12.4. The highest BCUT2D eigenvalue weighted by Crippen LogP contribution is 2.47. The van der Waals surface area contributed by atoms with Crippen LogP contribution >= 0.6 is 7.82 Å². The van der Waals surface area contributed by atoms with Gasteiger partial charge in [0, 0.05) is 13.5 Å². The van der Waals surface area contributed by atoms with Gasteiger partial charge in [0.2, 0.25) is 0 Å². The van der Waals surface area contributed by atoms with Crippen molar-refractivity contribution in [3.05, 3.63) is 0 Å². The van der Waals surface area contributed by atoms with Crippen molar-refractivity contribution in [3.63, 3.8) is 0 Å². The van der Waals surface area contributed by atoms with E-state index in [-0.39, 0.29) is 6.61 Å². The highest BCUT2D eigenvalue weighted by atomic mass is 31.2. The lowest BCUT2D eigenvalue weighted by Gasteiger charge is -2.41. The first-order valence-electron chi connectivity index (χ1n) is 15.8. The Morgan fingerprint density at radius 2 is 1.07 bits per heavy atom. The Balaban J connectivity index is 2.16. The number of rotatable bonds is 25. The molecule has 6 atom stereocenters. The highest BCUT2D eigenvalue weighted by molar-refractivity contribution is 7.47. The zero-order valence-corrected chi connectivity index (χ0v) is 26.5. The van der Waals surface area contributed by atoms with Crippen LogP contribution in [-0.4, -0.2) is 98.9 Å². The maximum Gasteiger partial charge on any atom is 0.472 e. The van der Waals surface area contributed by atoms with Gasteiger partial charge < -0.3 is 39.9 Å². The molecule has 0 amide bonds. The lowest BCUT2D eigenvalue weighted by atomic mass is 9.85. The fraction of sp³-hybridized carbons (Fsp3) is 0.966. The van der Waals surface area contributed by atoms with Gasteiger partial charge in [-0.05, 0) is 6.42 Å². The van der Waals surface area contributed by atoms with E-state index in [4.69, 9.17) is 18.5 Å². The number of carbonyl (C=O) groups excluding carboxylic acids is 1. The zero-order valence-electron chi connectivity index (χ0n) is 25.6. The summed E-state index contributed by atoms with van der Waals surface area (Å²) in [6, 6.07) is 0. The molecule has 1 saturated carbocycles. The first-order chi connectivity index (χ1) is 20.0. The largest absolute Gasteiger partial charge is 0.472 e. The van der Waals surface area contributed by atoms with Crippen LogP contribution < -0.4 is 0 Å². The van der Waals surface area contributed by atoms with Gasteiger partial charge in [-0.15, -0.1) is 0 Å². The van der Waals surface area contributed by atoms with Crippen LogP contribution in [0, 0.1) is 0 Å². The molecule has 0 radical (unpaired) electrons. The number of phosphoric ester groups is 1. The molecular weight excluding hydrogens is 571 g/mol. The molecule has 0 aromatic heterocycles. The van der Waals surface area contributed by atoms with E-state index in [1.807, 2.05) is 0 Å². The standard InChI is InChI=1S/C29H57O12P/c1-3-4-5-6-7-8-9-10-11-12-13-14-15-16-17-18-19-38-20-23(40-22(2)30)21-39-42(36,37)41-29-27(34)25(32)24(31)26(33)28(29)35/h23-29,31-35H,3-21H2,1-2H3,(H,36,37). The third kappa shape index (κ3) is 17.0. The molecule has 1 fully saturated rings. The first-order valence-corrected chi connectivity index (χ1v) is 17.3. The summed E-state index contributed by atoms with van der Waals surface area (Å²) in [5.74, 6) is -0.651. The predicted octanol–water partition coefficient (Wildman–Crippen LogP) is 3.52. The highest BCUT2D eigenvalue weighted by Gasteiger charge is 2.51. The number of hydrogen-bond acceptors (Lipinski definition) is 11. The zero-order chi connectivity index (χ0) is 31.4. The second-order valence-corrected chi connectivity index (χ2v) is 12.8. The summed E-state index contributed by atoms with van der Waals surface area (Å²) in [5.41, 5.74) is 0. The molecule has 0 spiro atoms. The molecule has 13 heteroatoms. The lowest BCUT2D eigenvalue weighted by molar-refractivity contribution is -0.220. The fourth-order valence-corrected chi connectivity index (χ4v) is 5.97. The second-order valence-electron chi connectivity index (χ2n) is 11.4. The van der Waals surface area contributed by atoms with E-state index in [0.29, 0.717) is 6.61 Å². The molecule has 0 aliphatic heterocycles. The third-order valence-electron chi connectivity index (χ3n) is 7.53. The molecule has 6 unspecified atom stereocenters. The Bertz CT molecular complexity index is 725. The van der Waals surface area contributed by atoms with E-state index in [9.17, 15) is 39.8 Å². The smallest absolute Gasteiger partial charge is 0.458 e. The van der Waals surface area contributed by atoms with E-state index < -0.39 is 63.1 Å². The summed E-state index contributed by atoms with van der Waals surface area (Å²) in [6.45, 7) is 3.16. The van der Waals surface area contributed by atoms with Gasteiger partial charge in [-0.25, -0.2) is 4.57 Å². The molecule has 0 saturated heterocycles. The molecule has 0 aromatic carbocycles. The van der Waals surface area contributed by atoms with Gasteiger partial charge in [-0.1, -0.05) is 103 Å². The van der Waals surface area contributed by atoms with Crippen LogP contribution in [0.3, 0.4) is 0 Å². The average Bonchev–Trinajstić information content (AvgIpc) is 2.95. The maximum absolute atomic E-state index is 12.4. The van der Waals surface area contributed by atoms with Crippen molar-refractivity contribution in [1.82, 2.24) is 0 Å². The van der Waals surface area contributed by atoms with Crippen molar-refractivity contribution >= 4 is 13.8 Å². The number of esters is 1. The van der Waals surface area contributed by atoms with E-state index >= 15 is 0 Å². The van der Waals surface area contributed by atoms with Gasteiger partial charge in [0.1, 0.15) is 42.7 Å². The number of phosphoric acid groups is 1. The number of unbranched alkanes of at least 4 members (excludes halogenated alkanes) is 15. The van der Waals surface area contributed by atoms with Crippen LogP contribution in [0.25, 0.3) is 0 Å². The number of aliphatic hydroxyl groups is 5. The molecule has 1 aliphatic carbocycles. The molecule has 42 heavy (non-hydrogen) atoms. The van der Waals surface area contributed by atoms with Crippen molar-refractivity contribution in [3.8, 4) is 0 Å². The van der Waals surface area contributed by atoms with E-state index in [0.717, 1.165) is 19.3 Å². The normalized spacial score (nSPS) is 26.6. The molecule has 1 aliphatic rings. The summed E-state index contributed by atoms with van der Waals surface area (Å²) in [6.07, 6.45) is 7.52. The Labute approximate surface area is 251 Å². The Morgan fingerprint density at radius 1 is 0.667 bits per heavy atom. The summed E-state index contributed by atoms with van der Waals surface area (Å²) >= 11 is 0. The molecule has 0 bridgehead atoms. The van der Waals surface area contributed by atoms with Gasteiger partial charge in [-0.2, -0.15) is 0 Å². The second kappa shape index (κ2) is 22.8. The first kappa shape index (κ1) is 39.4. The summed E-state index contributed by atoms with van der Waals surface area (Å²) in [7, 11) is -4.95. The molecule has 1 rings (SSSR count). The van der Waals surface area contributed by atoms with Gasteiger partial charge in [0.15, 0.2) is 0 Å². The van der Waals surface area contributed by atoms with Gasteiger partial charge in [0.05, 0.1) is 13.2 Å². The van der Waals surface area contributed by atoms with Crippen molar-refractivity contribution < 1.29 is 58.3 Å². The van der Waals surface area contributed by atoms with E-state index in [2.05, 4.69) is 6.92 Å². The molecule has 0 heterocycles. The van der Waals surface area contributed by atoms with Gasteiger partial charge >= 0.3 is 13.8 Å². The van der Waals surface area contributed by atoms with Crippen molar-refractivity contribution in [2.75, 3.05) is 19.8 Å². The summed E-state index contributed by atoms with van der Waals surface area (Å²) in [5, 5.41) is 49.1. The Morgan fingerprint density at radius 3 is 1.50 bits per heavy atom. The predicted molar refractivity (Wildman–Crippen MR) is 157 cm³/mol. The minimum Gasteiger partial charge on any atom is -0.458 e.